The number of carbonyl (C=O) groups excluding carboxylic acids is 1. The van der Waals surface area contributed by atoms with E-state index in [1.807, 2.05) is 25.1 Å². The second-order valence-electron chi connectivity index (χ2n) is 7.87. The highest BCUT2D eigenvalue weighted by Crippen LogP contribution is 2.32. The maximum Gasteiger partial charge on any atom is 0.433 e. The van der Waals surface area contributed by atoms with Crippen LogP contribution in [-0.4, -0.2) is 38.6 Å². The molecule has 0 N–H and O–H groups in total. The van der Waals surface area contributed by atoms with Gasteiger partial charge in [-0.05, 0) is 24.5 Å². The zero-order valence-corrected chi connectivity index (χ0v) is 17.9. The topological polar surface area (TPSA) is 59.6 Å². The second kappa shape index (κ2) is 8.68. The van der Waals surface area contributed by atoms with Gasteiger partial charge in [-0.2, -0.15) is 13.2 Å². The number of alkyl halides is 3. The highest BCUT2D eigenvalue weighted by molar-refractivity contribution is 6.27. The van der Waals surface area contributed by atoms with E-state index in [0.29, 0.717) is 29.9 Å². The van der Waals surface area contributed by atoms with Crippen molar-refractivity contribution in [2.75, 3.05) is 6.54 Å². The number of hydrogen-bond acceptors (Lipinski definition) is 4. The number of nitrogens with zero attached hydrogens (tertiary/aromatic N) is 4. The number of Topliss-reactive ketones (excluding diaryl/α,β-unsaturated/α-hetero) is 1. The van der Waals surface area contributed by atoms with Crippen molar-refractivity contribution >= 4 is 22.7 Å². The summed E-state index contributed by atoms with van der Waals surface area (Å²) >= 11 is 0. The van der Waals surface area contributed by atoms with Crippen molar-refractivity contribution in [3.05, 3.63) is 70.9 Å². The molecular formula is C24H23F3N4O. The van der Waals surface area contributed by atoms with Crippen LogP contribution in [0.1, 0.15) is 59.1 Å². The lowest BCUT2D eigenvalue weighted by atomic mass is 9.97. The van der Waals surface area contributed by atoms with E-state index < -0.39 is 11.9 Å². The van der Waals surface area contributed by atoms with E-state index in [9.17, 15) is 18.0 Å². The molecular weight excluding hydrogens is 417 g/mol. The summed E-state index contributed by atoms with van der Waals surface area (Å²) in [6.07, 6.45) is 4.36. The Hall–Kier alpha value is -3.29. The molecule has 0 aliphatic carbocycles. The number of ketones is 1. The van der Waals surface area contributed by atoms with Gasteiger partial charge in [0.1, 0.15) is 5.71 Å². The summed E-state index contributed by atoms with van der Waals surface area (Å²) in [4.78, 5) is 24.8. The molecule has 0 fully saturated rings. The van der Waals surface area contributed by atoms with Gasteiger partial charge in [0, 0.05) is 36.4 Å². The lowest BCUT2D eigenvalue weighted by Crippen LogP contribution is -2.23. The van der Waals surface area contributed by atoms with Gasteiger partial charge >= 0.3 is 6.18 Å². The molecule has 1 aliphatic rings. The summed E-state index contributed by atoms with van der Waals surface area (Å²) in [6, 6.07) is 5.70. The molecule has 166 valence electrons. The summed E-state index contributed by atoms with van der Waals surface area (Å²) < 4.78 is 41.6. The number of aromatic nitrogens is 3. The normalized spacial score (nSPS) is 14.0. The lowest BCUT2D eigenvalue weighted by molar-refractivity contribution is -0.0571. The molecule has 2 aromatic heterocycles. The van der Waals surface area contributed by atoms with Crippen LogP contribution >= 0.6 is 0 Å². The average molecular weight is 440 g/mol. The molecule has 3 aromatic rings. The largest absolute Gasteiger partial charge is 0.433 e. The van der Waals surface area contributed by atoms with Crippen LogP contribution in [-0.2, 0) is 6.42 Å². The van der Waals surface area contributed by atoms with Crippen LogP contribution in [0, 0.1) is 6.92 Å². The van der Waals surface area contributed by atoms with E-state index in [1.54, 1.807) is 16.8 Å². The zero-order chi connectivity index (χ0) is 22.9. The number of imidazole rings is 1. The highest BCUT2D eigenvalue weighted by Gasteiger charge is 2.40. The summed E-state index contributed by atoms with van der Waals surface area (Å²) in [6.45, 7) is 3.96. The quantitative estimate of drug-likeness (QED) is 0.462. The first-order valence-corrected chi connectivity index (χ1v) is 10.6. The number of halogens is 3. The summed E-state index contributed by atoms with van der Waals surface area (Å²) in [5.41, 5.74) is 3.22. The smallest absolute Gasteiger partial charge is 0.297 e. The Morgan fingerprint density at radius 3 is 2.75 bits per heavy atom. The Morgan fingerprint density at radius 2 is 2.03 bits per heavy atom. The fraction of sp³-hybridized carbons (Fsp3) is 0.333. The first-order valence-electron chi connectivity index (χ1n) is 10.6. The lowest BCUT2D eigenvalue weighted by Gasteiger charge is -2.11. The Morgan fingerprint density at radius 1 is 1.22 bits per heavy atom. The van der Waals surface area contributed by atoms with Gasteiger partial charge in [-0.15, -0.1) is 0 Å². The molecule has 0 spiro atoms. The number of unbranched alkanes of at least 4 members (excludes halogenated alkanes) is 1. The molecule has 0 radical (unpaired) electrons. The van der Waals surface area contributed by atoms with Crippen LogP contribution in [0.5, 0.6) is 0 Å². The van der Waals surface area contributed by atoms with Gasteiger partial charge < -0.3 is 0 Å². The number of aryl methyl sites for hydroxylation is 1. The van der Waals surface area contributed by atoms with Gasteiger partial charge in [0.25, 0.3) is 0 Å². The van der Waals surface area contributed by atoms with Gasteiger partial charge in [0.05, 0.1) is 24.1 Å². The molecule has 0 bridgehead atoms. The Labute approximate surface area is 183 Å². The van der Waals surface area contributed by atoms with Crippen LogP contribution < -0.4 is 0 Å². The molecule has 1 aromatic carbocycles. The monoisotopic (exact) mass is 440 g/mol. The Bertz CT molecular complexity index is 1240. The minimum absolute atomic E-state index is 0.00203. The molecule has 5 nitrogen and oxygen atoms in total. The maximum absolute atomic E-state index is 13.3. The zero-order valence-electron chi connectivity index (χ0n) is 17.9. The Kier molecular flexibility index (Phi) is 5.95. The van der Waals surface area contributed by atoms with E-state index >= 15 is 0 Å². The third kappa shape index (κ3) is 4.22. The molecule has 0 amide bonds. The third-order valence-electron chi connectivity index (χ3n) is 5.57. The average Bonchev–Trinajstić information content (AvgIpc) is 3.39. The van der Waals surface area contributed by atoms with Gasteiger partial charge in [-0.1, -0.05) is 37.6 Å². The first-order chi connectivity index (χ1) is 15.3. The van der Waals surface area contributed by atoms with Crippen LogP contribution in [0.4, 0.5) is 13.2 Å². The fourth-order valence-corrected chi connectivity index (χ4v) is 3.99. The van der Waals surface area contributed by atoms with Gasteiger partial charge in [0.15, 0.2) is 11.4 Å². The number of carbonyl (C=O) groups is 1. The number of benzene rings is 1. The summed E-state index contributed by atoms with van der Waals surface area (Å²) in [5.74, 6) is 0.140. The number of fused-ring (bicyclic) bond motifs is 1. The van der Waals surface area contributed by atoms with E-state index in [4.69, 9.17) is 0 Å². The van der Waals surface area contributed by atoms with Gasteiger partial charge in [-0.3, -0.25) is 19.2 Å². The molecule has 0 saturated heterocycles. The van der Waals surface area contributed by atoms with Crippen LogP contribution in [0.25, 0.3) is 11.2 Å². The minimum Gasteiger partial charge on any atom is -0.297 e. The van der Waals surface area contributed by atoms with Crippen molar-refractivity contribution in [1.82, 2.24) is 14.4 Å². The predicted octanol–water partition coefficient (Wildman–Crippen LogP) is 5.40. The maximum atomic E-state index is 13.3. The number of hydrogen-bond donors (Lipinski definition) is 0. The summed E-state index contributed by atoms with van der Waals surface area (Å²) in [7, 11) is 0. The van der Waals surface area contributed by atoms with Crippen molar-refractivity contribution in [2.45, 2.75) is 45.7 Å². The van der Waals surface area contributed by atoms with Gasteiger partial charge in [0.2, 0.25) is 0 Å². The van der Waals surface area contributed by atoms with Crippen LogP contribution in [0.2, 0.25) is 0 Å². The number of aliphatic imine (C=N–C) groups is 1. The third-order valence-corrected chi connectivity index (χ3v) is 5.57. The van der Waals surface area contributed by atoms with E-state index in [0.717, 1.165) is 29.5 Å². The van der Waals surface area contributed by atoms with Crippen molar-refractivity contribution in [2.24, 2.45) is 4.99 Å². The molecule has 8 heteroatoms. The molecule has 0 unspecified atom stereocenters. The molecule has 3 heterocycles. The van der Waals surface area contributed by atoms with Crippen molar-refractivity contribution in [3.8, 4) is 0 Å². The van der Waals surface area contributed by atoms with E-state index in [1.165, 1.54) is 12.3 Å². The molecule has 0 atom stereocenters. The first kappa shape index (κ1) is 21.9. The van der Waals surface area contributed by atoms with Crippen molar-refractivity contribution < 1.29 is 18.0 Å². The minimum atomic E-state index is -4.52. The van der Waals surface area contributed by atoms with Crippen molar-refractivity contribution in [1.29, 1.82) is 0 Å². The van der Waals surface area contributed by atoms with Crippen molar-refractivity contribution in [3.63, 3.8) is 0 Å². The SMILES string of the molecule is CCCCC(=O)c1ccc(Cc2nccn3c(C4=CCN=C4C(F)(F)F)cnc23)cc1C. The standard InChI is InChI=1S/C24H23F3N4O/c1-3-4-5-21(32)17-7-6-16(12-15(17)2)13-19-23-30-14-20(31(23)11-10-28-19)18-8-9-29-22(18)24(25,26)27/h6-8,10-12,14H,3-5,9,13H2,1-2H3. The van der Waals surface area contributed by atoms with E-state index in [-0.39, 0.29) is 17.9 Å². The van der Waals surface area contributed by atoms with Crippen LogP contribution in [0.3, 0.4) is 0 Å². The molecule has 1 aliphatic heterocycles. The molecule has 4 rings (SSSR count). The number of rotatable bonds is 7. The predicted molar refractivity (Wildman–Crippen MR) is 117 cm³/mol. The summed E-state index contributed by atoms with van der Waals surface area (Å²) in [5, 5.41) is 0. The molecule has 32 heavy (non-hydrogen) atoms. The Balaban J connectivity index is 1.63. The highest BCUT2D eigenvalue weighted by atomic mass is 19.4. The molecule has 0 saturated carbocycles. The van der Waals surface area contributed by atoms with Gasteiger partial charge in [-0.25, -0.2) is 4.98 Å². The van der Waals surface area contributed by atoms with E-state index in [2.05, 4.69) is 21.9 Å². The van der Waals surface area contributed by atoms with Crippen LogP contribution in [0.15, 0.2) is 47.9 Å². The number of allylic oxidation sites excluding steroid dienone is 1. The fourth-order valence-electron chi connectivity index (χ4n) is 3.99. The second-order valence-corrected chi connectivity index (χ2v) is 7.87.